The molecule has 1 heterocycles. The van der Waals surface area contributed by atoms with Crippen molar-refractivity contribution in [2.45, 2.75) is 56.8 Å². The summed E-state index contributed by atoms with van der Waals surface area (Å²) in [7, 11) is 0. The fourth-order valence-electron chi connectivity index (χ4n) is 5.69. The monoisotopic (exact) mass is 535 g/mol. The van der Waals surface area contributed by atoms with Crippen LogP contribution in [0, 0.1) is 5.92 Å². The van der Waals surface area contributed by atoms with Crippen LogP contribution in [-0.4, -0.2) is 37.0 Å². The molecule has 6 rings (SSSR count). The van der Waals surface area contributed by atoms with Crippen LogP contribution in [-0.2, 0) is 45.4 Å². The Morgan fingerprint density at radius 2 is 0.825 bits per heavy atom. The van der Waals surface area contributed by atoms with Gasteiger partial charge in [-0.1, -0.05) is 121 Å². The molecule has 5 nitrogen and oxygen atoms in total. The van der Waals surface area contributed by atoms with Gasteiger partial charge in [0.05, 0.1) is 45.2 Å². The first-order valence-electron chi connectivity index (χ1n) is 14.2. The summed E-state index contributed by atoms with van der Waals surface area (Å²) in [5, 5.41) is 3.71. The molecule has 0 radical (unpaired) electrons. The van der Waals surface area contributed by atoms with E-state index in [-0.39, 0.29) is 36.3 Å². The fraction of sp³-hybridized carbons (Fsp3) is 0.314. The number of benzene rings is 4. The Hall–Kier alpha value is -3.32. The van der Waals surface area contributed by atoms with Gasteiger partial charge in [-0.05, 0) is 22.3 Å². The van der Waals surface area contributed by atoms with Crippen molar-refractivity contribution in [2.75, 3.05) is 6.61 Å². The van der Waals surface area contributed by atoms with E-state index in [4.69, 9.17) is 18.9 Å². The molecule has 40 heavy (non-hydrogen) atoms. The van der Waals surface area contributed by atoms with Crippen LogP contribution in [0.15, 0.2) is 121 Å². The zero-order valence-corrected chi connectivity index (χ0v) is 22.7. The zero-order valence-electron chi connectivity index (χ0n) is 22.7. The molecule has 1 N–H and O–H groups in total. The summed E-state index contributed by atoms with van der Waals surface area (Å²) in [6, 6.07) is 41.8. The van der Waals surface area contributed by atoms with E-state index in [0.29, 0.717) is 33.0 Å². The Balaban J connectivity index is 1.23. The Bertz CT molecular complexity index is 1290. The Morgan fingerprint density at radius 3 is 1.30 bits per heavy atom. The zero-order chi connectivity index (χ0) is 27.0. The van der Waals surface area contributed by atoms with Crippen LogP contribution in [0.3, 0.4) is 0 Å². The molecule has 206 valence electrons. The van der Waals surface area contributed by atoms with Crippen molar-refractivity contribution in [3.63, 3.8) is 0 Å². The lowest BCUT2D eigenvalue weighted by Gasteiger charge is -2.41. The lowest BCUT2D eigenvalue weighted by molar-refractivity contribution is -0.185. The summed E-state index contributed by atoms with van der Waals surface area (Å²) >= 11 is 0. The van der Waals surface area contributed by atoms with Crippen LogP contribution in [0.2, 0.25) is 0 Å². The molecule has 4 aromatic rings. The molecule has 0 bridgehead atoms. The molecule has 0 aromatic heterocycles. The fourth-order valence-corrected chi connectivity index (χ4v) is 5.69. The van der Waals surface area contributed by atoms with Crippen LogP contribution < -0.4 is 5.32 Å². The highest BCUT2D eigenvalue weighted by Gasteiger charge is 2.60. The molecule has 1 aliphatic heterocycles. The summed E-state index contributed by atoms with van der Waals surface area (Å²) in [5.41, 5.74) is 4.59. The van der Waals surface area contributed by atoms with Gasteiger partial charge in [0, 0.05) is 12.0 Å². The maximum atomic E-state index is 6.74. The molecule has 2 aliphatic rings. The van der Waals surface area contributed by atoms with Gasteiger partial charge in [-0.25, -0.2) is 0 Å². The van der Waals surface area contributed by atoms with E-state index in [2.05, 4.69) is 53.8 Å². The minimum absolute atomic E-state index is 0.134. The van der Waals surface area contributed by atoms with Gasteiger partial charge in [0.2, 0.25) is 0 Å². The second kappa shape index (κ2) is 13.4. The molecule has 1 aliphatic carbocycles. The average molecular weight is 536 g/mol. The number of ether oxygens (including phenoxy) is 4. The van der Waals surface area contributed by atoms with Gasteiger partial charge >= 0.3 is 0 Å². The SMILES string of the molecule is c1ccc(COC[C@H]2[C@@H]3N[C@@H]3[C@H](OCc3ccccc3)[C@@H](OCc3ccccc3)[C@@H]2OCc2ccccc2)cc1. The maximum Gasteiger partial charge on any atom is 0.112 e. The second-order valence-corrected chi connectivity index (χ2v) is 10.7. The van der Waals surface area contributed by atoms with E-state index < -0.39 is 0 Å². The highest BCUT2D eigenvalue weighted by atomic mass is 16.6. The lowest BCUT2D eigenvalue weighted by Crippen LogP contribution is -2.55. The van der Waals surface area contributed by atoms with E-state index in [1.54, 1.807) is 0 Å². The number of nitrogens with one attached hydrogen (secondary N) is 1. The summed E-state index contributed by atoms with van der Waals surface area (Å²) in [4.78, 5) is 0. The van der Waals surface area contributed by atoms with Crippen molar-refractivity contribution < 1.29 is 18.9 Å². The van der Waals surface area contributed by atoms with Crippen LogP contribution in [0.25, 0.3) is 0 Å². The predicted octanol–water partition coefficient (Wildman–Crippen LogP) is 5.93. The van der Waals surface area contributed by atoms with E-state index in [1.807, 2.05) is 72.8 Å². The molecular formula is C35H37NO4. The first kappa shape index (κ1) is 26.9. The van der Waals surface area contributed by atoms with Crippen LogP contribution in [0.5, 0.6) is 0 Å². The van der Waals surface area contributed by atoms with Gasteiger partial charge in [-0.15, -0.1) is 0 Å². The summed E-state index contributed by atoms with van der Waals surface area (Å²) < 4.78 is 26.4. The molecule has 1 saturated carbocycles. The minimum atomic E-state index is -0.255. The van der Waals surface area contributed by atoms with E-state index in [0.717, 1.165) is 16.7 Å². The van der Waals surface area contributed by atoms with Gasteiger partial charge < -0.3 is 24.3 Å². The Labute approximate surface area is 237 Å². The number of hydrogen-bond donors (Lipinski definition) is 1. The van der Waals surface area contributed by atoms with Gasteiger partial charge in [0.1, 0.15) is 12.2 Å². The standard InChI is InChI=1S/C35H37NO4/c1-5-13-26(14-6-1)21-37-25-30-31-32(36-31)34(39-23-28-17-9-3-10-18-28)35(40-24-29-19-11-4-12-20-29)33(30)38-22-27-15-7-2-8-16-27/h1-20,30-36H,21-25H2/t30-,31-,32-,33+,34-,35-/m0/s1. The van der Waals surface area contributed by atoms with Gasteiger partial charge in [-0.3, -0.25) is 0 Å². The van der Waals surface area contributed by atoms with Crippen molar-refractivity contribution in [3.8, 4) is 0 Å². The minimum Gasteiger partial charge on any atom is -0.376 e. The second-order valence-electron chi connectivity index (χ2n) is 10.7. The molecule has 6 atom stereocenters. The third kappa shape index (κ3) is 6.87. The topological polar surface area (TPSA) is 58.9 Å². The number of rotatable bonds is 13. The van der Waals surface area contributed by atoms with Crippen molar-refractivity contribution in [3.05, 3.63) is 144 Å². The smallest absolute Gasteiger partial charge is 0.112 e. The van der Waals surface area contributed by atoms with Gasteiger partial charge in [0.25, 0.3) is 0 Å². The van der Waals surface area contributed by atoms with Crippen molar-refractivity contribution in [1.82, 2.24) is 5.32 Å². The normalized spacial score (nSPS) is 25.3. The third-order valence-corrected chi connectivity index (χ3v) is 7.83. The molecular weight excluding hydrogens is 498 g/mol. The molecule has 0 spiro atoms. The summed E-state index contributed by atoms with van der Waals surface area (Å²) in [6.45, 7) is 2.69. The number of fused-ring (bicyclic) bond motifs is 1. The predicted molar refractivity (Wildman–Crippen MR) is 155 cm³/mol. The molecule has 4 aromatic carbocycles. The highest BCUT2D eigenvalue weighted by molar-refractivity contribution is 5.20. The molecule has 2 fully saturated rings. The first-order chi connectivity index (χ1) is 19.8. The highest BCUT2D eigenvalue weighted by Crippen LogP contribution is 2.41. The van der Waals surface area contributed by atoms with Crippen molar-refractivity contribution in [1.29, 1.82) is 0 Å². The largest absolute Gasteiger partial charge is 0.376 e. The quantitative estimate of drug-likeness (QED) is 0.215. The molecule has 5 heteroatoms. The third-order valence-electron chi connectivity index (χ3n) is 7.83. The van der Waals surface area contributed by atoms with Crippen LogP contribution in [0.4, 0.5) is 0 Å². The first-order valence-corrected chi connectivity index (χ1v) is 14.2. The van der Waals surface area contributed by atoms with E-state index in [9.17, 15) is 0 Å². The van der Waals surface area contributed by atoms with Gasteiger partial charge in [0.15, 0.2) is 0 Å². The van der Waals surface area contributed by atoms with Crippen molar-refractivity contribution in [2.24, 2.45) is 5.92 Å². The number of hydrogen-bond acceptors (Lipinski definition) is 5. The Morgan fingerprint density at radius 1 is 0.425 bits per heavy atom. The van der Waals surface area contributed by atoms with Crippen LogP contribution >= 0.6 is 0 Å². The summed E-state index contributed by atoms with van der Waals surface area (Å²) in [6.07, 6.45) is -0.592. The Kier molecular flexibility index (Phi) is 8.98. The average Bonchev–Trinajstić information content (AvgIpc) is 3.82. The summed E-state index contributed by atoms with van der Waals surface area (Å²) in [5.74, 6) is 0.134. The van der Waals surface area contributed by atoms with E-state index >= 15 is 0 Å². The molecule has 0 amide bonds. The molecule has 1 saturated heterocycles. The maximum absolute atomic E-state index is 6.74. The van der Waals surface area contributed by atoms with E-state index in [1.165, 1.54) is 5.56 Å². The van der Waals surface area contributed by atoms with Gasteiger partial charge in [-0.2, -0.15) is 0 Å². The lowest BCUT2D eigenvalue weighted by atomic mass is 9.82. The van der Waals surface area contributed by atoms with Crippen LogP contribution in [0.1, 0.15) is 22.3 Å². The molecule has 0 unspecified atom stereocenters. The van der Waals surface area contributed by atoms with Crippen molar-refractivity contribution >= 4 is 0 Å².